The highest BCUT2D eigenvalue weighted by atomic mass is 19.1. The lowest BCUT2D eigenvalue weighted by molar-refractivity contribution is -0.384. The van der Waals surface area contributed by atoms with Crippen LogP contribution in [-0.2, 0) is 11.3 Å². The monoisotopic (exact) mass is 465 g/mol. The Morgan fingerprint density at radius 3 is 2.85 bits per heavy atom. The molecule has 1 atom stereocenters. The highest BCUT2D eigenvalue weighted by molar-refractivity contribution is 5.78. The predicted octanol–water partition coefficient (Wildman–Crippen LogP) is 3.58. The van der Waals surface area contributed by atoms with Crippen LogP contribution in [0.15, 0.2) is 54.9 Å². The number of aromatic nitrogens is 2. The van der Waals surface area contributed by atoms with Gasteiger partial charge in [0, 0.05) is 43.8 Å². The third-order valence-corrected chi connectivity index (χ3v) is 5.64. The van der Waals surface area contributed by atoms with Crippen molar-refractivity contribution in [3.05, 3.63) is 76.4 Å². The molecule has 0 saturated carbocycles. The van der Waals surface area contributed by atoms with Crippen LogP contribution < -0.4 is 21.3 Å². The Hall–Kier alpha value is -4.28. The summed E-state index contributed by atoms with van der Waals surface area (Å²) in [7, 11) is 0. The average Bonchev–Trinajstić information content (AvgIpc) is 2.83. The number of hydrogen-bond acceptors (Lipinski definition) is 8. The second-order valence-electron chi connectivity index (χ2n) is 8.01. The number of piperidine rings is 1. The highest BCUT2D eigenvalue weighted by Crippen LogP contribution is 2.31. The van der Waals surface area contributed by atoms with Gasteiger partial charge in [0.1, 0.15) is 11.6 Å². The number of halogens is 1. The lowest BCUT2D eigenvalue weighted by Crippen LogP contribution is -2.41. The number of anilines is 4. The lowest BCUT2D eigenvalue weighted by Gasteiger charge is -2.33. The molecule has 34 heavy (non-hydrogen) atoms. The van der Waals surface area contributed by atoms with Gasteiger partial charge in [-0.15, -0.1) is 0 Å². The van der Waals surface area contributed by atoms with Crippen molar-refractivity contribution in [1.29, 1.82) is 0 Å². The quantitative estimate of drug-likeness (QED) is 0.339. The number of pyridine rings is 2. The summed E-state index contributed by atoms with van der Waals surface area (Å²) in [4.78, 5) is 32.6. The van der Waals surface area contributed by atoms with E-state index >= 15 is 0 Å². The van der Waals surface area contributed by atoms with Crippen LogP contribution in [0.25, 0.3) is 0 Å². The molecule has 1 aliphatic rings. The van der Waals surface area contributed by atoms with Gasteiger partial charge in [0.15, 0.2) is 0 Å². The molecule has 1 aliphatic heterocycles. The molecular formula is C23H24FN7O3. The maximum absolute atomic E-state index is 14.9. The summed E-state index contributed by atoms with van der Waals surface area (Å²) < 4.78 is 14.9. The molecule has 1 aromatic carbocycles. The Bertz CT molecular complexity index is 1190. The molecule has 3 heterocycles. The van der Waals surface area contributed by atoms with Crippen LogP contribution in [-0.4, -0.2) is 33.9 Å². The number of carbonyl (C=O) groups is 1. The van der Waals surface area contributed by atoms with Crippen LogP contribution in [0.3, 0.4) is 0 Å². The number of nitrogens with zero attached hydrogens (tertiary/aromatic N) is 4. The van der Waals surface area contributed by atoms with Gasteiger partial charge in [-0.1, -0.05) is 6.07 Å². The summed E-state index contributed by atoms with van der Waals surface area (Å²) in [6.45, 7) is 1.41. The van der Waals surface area contributed by atoms with Crippen molar-refractivity contribution in [2.75, 3.05) is 28.6 Å². The number of nitrogens with two attached hydrogens (primary N) is 1. The number of rotatable bonds is 8. The summed E-state index contributed by atoms with van der Waals surface area (Å²) >= 11 is 0. The van der Waals surface area contributed by atoms with E-state index in [1.165, 1.54) is 18.2 Å². The fraction of sp³-hybridized carbons (Fsp3) is 0.261. The van der Waals surface area contributed by atoms with Crippen LogP contribution >= 0.6 is 0 Å². The molecule has 1 unspecified atom stereocenters. The second-order valence-corrected chi connectivity index (χ2v) is 8.01. The molecule has 3 aromatic rings. The Kier molecular flexibility index (Phi) is 6.81. The number of nitro groups is 1. The Labute approximate surface area is 195 Å². The van der Waals surface area contributed by atoms with Crippen LogP contribution in [0.5, 0.6) is 0 Å². The molecule has 2 aromatic heterocycles. The fourth-order valence-electron chi connectivity index (χ4n) is 3.89. The average molecular weight is 465 g/mol. The molecule has 0 radical (unpaired) electrons. The number of primary amides is 1. The zero-order chi connectivity index (χ0) is 24.1. The molecule has 10 nitrogen and oxygen atoms in total. The van der Waals surface area contributed by atoms with Crippen LogP contribution in [0.1, 0.15) is 18.4 Å². The molecule has 1 fully saturated rings. The summed E-state index contributed by atoms with van der Waals surface area (Å²) in [5.74, 6) is -0.818. The lowest BCUT2D eigenvalue weighted by atomic mass is 9.97. The van der Waals surface area contributed by atoms with Crippen molar-refractivity contribution >= 4 is 34.6 Å². The van der Waals surface area contributed by atoms with E-state index in [4.69, 9.17) is 5.73 Å². The van der Waals surface area contributed by atoms with E-state index in [0.717, 1.165) is 12.0 Å². The standard InChI is InChI=1S/C23H24FN7O3/c24-18-11-17(5-6-19(18)30-10-2-4-16(14-30)22(25)32)28-23-20(31(33)34)7-8-21(29-23)27-13-15-3-1-9-26-12-15/h1,3,5-9,11-12,16H,2,4,10,13-14H2,(H2,25,32)(H2,27,28,29). The topological polar surface area (TPSA) is 139 Å². The Morgan fingerprint density at radius 2 is 2.15 bits per heavy atom. The third kappa shape index (κ3) is 5.37. The minimum absolute atomic E-state index is 0.0138. The minimum Gasteiger partial charge on any atom is -0.369 e. The van der Waals surface area contributed by atoms with Gasteiger partial charge >= 0.3 is 5.69 Å². The number of hydrogen-bond donors (Lipinski definition) is 3. The molecule has 0 bridgehead atoms. The van der Waals surface area contributed by atoms with Crippen LogP contribution in [0, 0.1) is 21.8 Å². The largest absolute Gasteiger partial charge is 0.369 e. The second kappa shape index (κ2) is 10.1. The first kappa shape index (κ1) is 22.9. The Morgan fingerprint density at radius 1 is 1.29 bits per heavy atom. The first-order valence-electron chi connectivity index (χ1n) is 10.8. The maximum Gasteiger partial charge on any atom is 0.311 e. The molecule has 1 amide bonds. The summed E-state index contributed by atoms with van der Waals surface area (Å²) in [5.41, 5.74) is 6.77. The first-order chi connectivity index (χ1) is 16.4. The van der Waals surface area contributed by atoms with Gasteiger partial charge in [-0.2, -0.15) is 0 Å². The molecule has 1 saturated heterocycles. The molecule has 0 aliphatic carbocycles. The van der Waals surface area contributed by atoms with E-state index in [1.54, 1.807) is 29.4 Å². The fourth-order valence-corrected chi connectivity index (χ4v) is 3.89. The van der Waals surface area contributed by atoms with Gasteiger partial charge in [-0.25, -0.2) is 9.37 Å². The third-order valence-electron chi connectivity index (χ3n) is 5.64. The summed E-state index contributed by atoms with van der Waals surface area (Å²) in [6.07, 6.45) is 4.80. The number of benzene rings is 1. The number of amides is 1. The van der Waals surface area contributed by atoms with Crippen molar-refractivity contribution in [3.8, 4) is 0 Å². The molecule has 176 valence electrons. The van der Waals surface area contributed by atoms with E-state index in [0.29, 0.717) is 43.2 Å². The smallest absolute Gasteiger partial charge is 0.311 e. The van der Waals surface area contributed by atoms with Crippen molar-refractivity contribution in [2.24, 2.45) is 11.7 Å². The van der Waals surface area contributed by atoms with Gasteiger partial charge in [0.05, 0.1) is 16.5 Å². The molecule has 0 spiro atoms. The number of nitrogens with one attached hydrogen (secondary N) is 2. The highest BCUT2D eigenvalue weighted by Gasteiger charge is 2.26. The van der Waals surface area contributed by atoms with Crippen LogP contribution in [0.4, 0.5) is 33.1 Å². The summed E-state index contributed by atoms with van der Waals surface area (Å²) in [5, 5.41) is 17.4. The number of carbonyl (C=O) groups excluding carboxylic acids is 1. The van der Waals surface area contributed by atoms with Crippen LogP contribution in [0.2, 0.25) is 0 Å². The van der Waals surface area contributed by atoms with Gasteiger partial charge in [-0.05, 0) is 48.7 Å². The van der Waals surface area contributed by atoms with Gasteiger partial charge in [-0.3, -0.25) is 19.9 Å². The van der Waals surface area contributed by atoms with Gasteiger partial charge in [0.2, 0.25) is 11.7 Å². The molecular weight excluding hydrogens is 441 g/mol. The van der Waals surface area contributed by atoms with E-state index < -0.39 is 16.6 Å². The van der Waals surface area contributed by atoms with Gasteiger partial charge in [0.25, 0.3) is 0 Å². The van der Waals surface area contributed by atoms with Crippen molar-refractivity contribution in [1.82, 2.24) is 9.97 Å². The minimum atomic E-state index is -0.553. The van der Waals surface area contributed by atoms with E-state index in [9.17, 15) is 19.3 Å². The first-order valence-corrected chi connectivity index (χ1v) is 10.8. The molecule has 4 rings (SSSR count). The van der Waals surface area contributed by atoms with Crippen molar-refractivity contribution < 1.29 is 14.1 Å². The Balaban J connectivity index is 1.52. The predicted molar refractivity (Wildman–Crippen MR) is 126 cm³/mol. The maximum atomic E-state index is 14.9. The van der Waals surface area contributed by atoms with Crippen molar-refractivity contribution in [2.45, 2.75) is 19.4 Å². The molecule has 11 heteroatoms. The molecule has 4 N–H and O–H groups in total. The van der Waals surface area contributed by atoms with Gasteiger partial charge < -0.3 is 21.3 Å². The normalized spacial score (nSPS) is 15.6. The van der Waals surface area contributed by atoms with Crippen molar-refractivity contribution in [3.63, 3.8) is 0 Å². The van der Waals surface area contributed by atoms with E-state index in [1.807, 2.05) is 12.1 Å². The van der Waals surface area contributed by atoms with E-state index in [-0.39, 0.29) is 17.4 Å². The zero-order valence-corrected chi connectivity index (χ0v) is 18.3. The van der Waals surface area contributed by atoms with E-state index in [2.05, 4.69) is 20.6 Å². The zero-order valence-electron chi connectivity index (χ0n) is 18.3. The summed E-state index contributed by atoms with van der Waals surface area (Å²) in [6, 6.07) is 11.0. The SMILES string of the molecule is NC(=O)C1CCCN(c2ccc(Nc3nc(NCc4cccnc4)ccc3[N+](=O)[O-])cc2F)C1.